The number of nitrogens with one attached hydrogen (secondary N) is 1. The molecule has 30 heavy (non-hydrogen) atoms. The normalized spacial score (nSPS) is 16.2. The van der Waals surface area contributed by atoms with Crippen LogP contribution in [0.25, 0.3) is 10.9 Å². The van der Waals surface area contributed by atoms with Crippen LogP contribution in [0.15, 0.2) is 23.4 Å². The predicted octanol–water partition coefficient (Wildman–Crippen LogP) is 5.35. The average molecular weight is 473 g/mol. The summed E-state index contributed by atoms with van der Waals surface area (Å²) in [7, 11) is 1.48. The molecule has 1 aliphatic rings. The van der Waals surface area contributed by atoms with Gasteiger partial charge in [-0.2, -0.15) is 8.78 Å². The minimum absolute atomic E-state index is 0.0363. The summed E-state index contributed by atoms with van der Waals surface area (Å²) < 4.78 is 31.4. The molecule has 11 heteroatoms. The first-order valence-corrected chi connectivity index (χ1v) is 10.6. The summed E-state index contributed by atoms with van der Waals surface area (Å²) in [5.74, 6) is -2.50. The fourth-order valence-corrected chi connectivity index (χ4v) is 4.90. The molecule has 0 bridgehead atoms. The number of rotatable bonds is 4. The third-order valence-corrected chi connectivity index (χ3v) is 6.62. The smallest absolute Gasteiger partial charge is 0.292 e. The van der Waals surface area contributed by atoms with E-state index in [1.54, 1.807) is 4.90 Å². The highest BCUT2D eigenvalue weighted by Gasteiger charge is 2.34. The van der Waals surface area contributed by atoms with E-state index in [1.165, 1.54) is 25.6 Å². The molecule has 0 unspecified atom stereocenters. The Morgan fingerprint density at radius 2 is 2.07 bits per heavy atom. The van der Waals surface area contributed by atoms with Crippen molar-refractivity contribution in [1.29, 1.82) is 0 Å². The summed E-state index contributed by atoms with van der Waals surface area (Å²) in [6, 6.07) is 1.03. The lowest BCUT2D eigenvalue weighted by atomic mass is 9.96. The standard InChI is InChI=1S/C19H16Cl2F2N4O2S/c1-8-13-11(3-4-27(8)18(28)17-24-6-9(29-2)7-25-17)26-16-14(13)12(30-19(22)23)5-10(20)15(16)21/h5-8,19,26H,3-4H2,1-2H3/t8-/m1/s1. The molecule has 0 radical (unpaired) electrons. The van der Waals surface area contributed by atoms with E-state index in [1.807, 2.05) is 6.92 Å². The first kappa shape index (κ1) is 21.1. The number of carbonyl (C=O) groups is 1. The highest BCUT2D eigenvalue weighted by atomic mass is 35.5. The Labute approximate surface area is 184 Å². The average Bonchev–Trinajstić information content (AvgIpc) is 3.12. The van der Waals surface area contributed by atoms with Gasteiger partial charge in [0, 0.05) is 34.5 Å². The fourth-order valence-electron chi connectivity index (χ4n) is 3.72. The zero-order chi connectivity index (χ0) is 21.6. The lowest BCUT2D eigenvalue weighted by molar-refractivity contribution is 0.0665. The number of aromatic amines is 1. The van der Waals surface area contributed by atoms with Crippen LogP contribution < -0.4 is 4.74 Å². The molecule has 0 spiro atoms. The van der Waals surface area contributed by atoms with Gasteiger partial charge in [0.25, 0.3) is 11.7 Å². The quantitative estimate of drug-likeness (QED) is 0.518. The number of alkyl halides is 2. The number of fused-ring (bicyclic) bond motifs is 3. The van der Waals surface area contributed by atoms with Crippen LogP contribution in [-0.4, -0.2) is 45.2 Å². The molecule has 1 N–H and O–H groups in total. The molecule has 2 aromatic heterocycles. The summed E-state index contributed by atoms with van der Waals surface area (Å²) in [5.41, 5.74) is 2.09. The number of amides is 1. The van der Waals surface area contributed by atoms with Crippen molar-refractivity contribution < 1.29 is 18.3 Å². The van der Waals surface area contributed by atoms with Crippen LogP contribution in [-0.2, 0) is 6.42 Å². The van der Waals surface area contributed by atoms with E-state index in [4.69, 9.17) is 27.9 Å². The Balaban J connectivity index is 1.78. The first-order chi connectivity index (χ1) is 14.3. The van der Waals surface area contributed by atoms with Crippen molar-refractivity contribution in [2.24, 2.45) is 0 Å². The van der Waals surface area contributed by atoms with Gasteiger partial charge in [0.1, 0.15) is 0 Å². The summed E-state index contributed by atoms with van der Waals surface area (Å²) in [6.45, 7) is 2.25. The van der Waals surface area contributed by atoms with E-state index < -0.39 is 11.8 Å². The van der Waals surface area contributed by atoms with Crippen LogP contribution in [0.1, 0.15) is 34.8 Å². The van der Waals surface area contributed by atoms with Crippen molar-refractivity contribution in [2.75, 3.05) is 13.7 Å². The van der Waals surface area contributed by atoms with Crippen molar-refractivity contribution in [3.8, 4) is 5.75 Å². The molecule has 1 aliphatic heterocycles. The second-order valence-electron chi connectivity index (χ2n) is 6.69. The number of ether oxygens (including phenoxy) is 1. The number of benzene rings is 1. The van der Waals surface area contributed by atoms with Crippen molar-refractivity contribution in [2.45, 2.75) is 30.0 Å². The van der Waals surface area contributed by atoms with E-state index in [9.17, 15) is 13.6 Å². The van der Waals surface area contributed by atoms with Crippen LogP contribution in [0.3, 0.4) is 0 Å². The Bertz CT molecular complexity index is 1120. The zero-order valence-corrected chi connectivity index (χ0v) is 18.2. The van der Waals surface area contributed by atoms with Gasteiger partial charge in [-0.3, -0.25) is 4.79 Å². The lowest BCUT2D eigenvalue weighted by Crippen LogP contribution is -2.39. The Kier molecular flexibility index (Phi) is 5.78. The third-order valence-electron chi connectivity index (χ3n) is 5.07. The molecule has 0 saturated heterocycles. The van der Waals surface area contributed by atoms with Crippen LogP contribution in [0.4, 0.5) is 8.78 Å². The molecule has 158 valence electrons. The molecular weight excluding hydrogens is 457 g/mol. The van der Waals surface area contributed by atoms with Crippen LogP contribution in [0.2, 0.25) is 10.0 Å². The van der Waals surface area contributed by atoms with Gasteiger partial charge in [0.2, 0.25) is 5.82 Å². The number of halogens is 4. The molecule has 1 atom stereocenters. The van der Waals surface area contributed by atoms with Gasteiger partial charge >= 0.3 is 0 Å². The number of methoxy groups -OCH3 is 1. The molecular formula is C19H16Cl2F2N4O2S. The maximum Gasteiger partial charge on any atom is 0.292 e. The monoisotopic (exact) mass is 472 g/mol. The number of hydrogen-bond donors (Lipinski definition) is 1. The highest BCUT2D eigenvalue weighted by Crippen LogP contribution is 2.46. The molecule has 1 amide bonds. The van der Waals surface area contributed by atoms with Crippen LogP contribution >= 0.6 is 35.0 Å². The Morgan fingerprint density at radius 3 is 2.70 bits per heavy atom. The molecule has 6 nitrogen and oxygen atoms in total. The molecule has 3 heterocycles. The topological polar surface area (TPSA) is 71.1 Å². The molecule has 0 aliphatic carbocycles. The van der Waals surface area contributed by atoms with Gasteiger partial charge in [0.15, 0.2) is 5.75 Å². The number of nitrogens with zero attached hydrogens (tertiary/aromatic N) is 3. The number of hydrogen-bond acceptors (Lipinski definition) is 5. The SMILES string of the molecule is COc1cnc(C(=O)N2CCc3[nH]c4c(Cl)c(Cl)cc(SC(F)F)c4c3[C@H]2C)nc1. The first-order valence-electron chi connectivity index (χ1n) is 8.96. The zero-order valence-electron chi connectivity index (χ0n) is 15.9. The number of aromatic nitrogens is 3. The van der Waals surface area contributed by atoms with Gasteiger partial charge in [-0.25, -0.2) is 9.97 Å². The molecule has 4 rings (SSSR count). The van der Waals surface area contributed by atoms with E-state index in [0.717, 1.165) is 11.3 Å². The largest absolute Gasteiger partial charge is 0.494 e. The van der Waals surface area contributed by atoms with E-state index in [0.29, 0.717) is 46.3 Å². The van der Waals surface area contributed by atoms with Crippen molar-refractivity contribution in [1.82, 2.24) is 19.9 Å². The van der Waals surface area contributed by atoms with Crippen molar-refractivity contribution in [3.63, 3.8) is 0 Å². The molecule has 0 fully saturated rings. The van der Waals surface area contributed by atoms with Crippen molar-refractivity contribution >= 4 is 51.8 Å². The second-order valence-corrected chi connectivity index (χ2v) is 8.50. The maximum atomic E-state index is 13.2. The molecule has 0 saturated carbocycles. The van der Waals surface area contributed by atoms with Crippen molar-refractivity contribution in [3.05, 3.63) is 45.6 Å². The van der Waals surface area contributed by atoms with Gasteiger partial charge in [-0.15, -0.1) is 0 Å². The van der Waals surface area contributed by atoms with E-state index >= 15 is 0 Å². The molecule has 3 aromatic rings. The predicted molar refractivity (Wildman–Crippen MR) is 112 cm³/mol. The maximum absolute atomic E-state index is 13.2. The lowest BCUT2D eigenvalue weighted by Gasteiger charge is -2.33. The number of H-pyrrole nitrogens is 1. The summed E-state index contributed by atoms with van der Waals surface area (Å²) in [4.78, 5) is 26.3. The van der Waals surface area contributed by atoms with Gasteiger partial charge in [0.05, 0.1) is 41.1 Å². The second kappa shape index (κ2) is 8.20. The van der Waals surface area contributed by atoms with Gasteiger partial charge in [-0.05, 0) is 13.0 Å². The third kappa shape index (κ3) is 3.59. The minimum Gasteiger partial charge on any atom is -0.494 e. The van der Waals surface area contributed by atoms with Crippen LogP contribution in [0.5, 0.6) is 5.75 Å². The highest BCUT2D eigenvalue weighted by molar-refractivity contribution is 7.99. The summed E-state index contributed by atoms with van der Waals surface area (Å²) in [6.07, 6.45) is 3.35. The van der Waals surface area contributed by atoms with Gasteiger partial charge < -0.3 is 14.6 Å². The van der Waals surface area contributed by atoms with Crippen LogP contribution in [0, 0.1) is 0 Å². The molecule has 1 aromatic carbocycles. The fraction of sp³-hybridized carbons (Fsp3) is 0.316. The summed E-state index contributed by atoms with van der Waals surface area (Å²) >= 11 is 12.9. The number of carbonyl (C=O) groups excluding carboxylic acids is 1. The Morgan fingerprint density at radius 1 is 1.37 bits per heavy atom. The summed E-state index contributed by atoms with van der Waals surface area (Å²) in [5, 5.41) is 1.02. The van der Waals surface area contributed by atoms with Gasteiger partial charge in [-0.1, -0.05) is 35.0 Å². The minimum atomic E-state index is -2.62. The Hall–Kier alpha value is -2.10. The van der Waals surface area contributed by atoms with E-state index in [2.05, 4.69) is 15.0 Å². The van der Waals surface area contributed by atoms with E-state index in [-0.39, 0.29) is 21.8 Å². The number of thioether (sulfide) groups is 1.